The molecule has 0 atom stereocenters. The first kappa shape index (κ1) is 17.6. The Morgan fingerprint density at radius 1 is 0.278 bits per heavy atom. The number of aromatic nitrogens is 2. The highest BCUT2D eigenvalue weighted by atomic mass is 14.9. The lowest BCUT2D eigenvalue weighted by Crippen LogP contribution is -1.85. The molecule has 0 aliphatic carbocycles. The van der Waals surface area contributed by atoms with Crippen molar-refractivity contribution in [2.24, 2.45) is 0 Å². The molecule has 0 aliphatic rings. The Labute approximate surface area is 204 Å². The van der Waals surface area contributed by atoms with Gasteiger partial charge in [0.2, 0.25) is 0 Å². The smallest absolute Gasteiger partial charge is 0.0620 e. The van der Waals surface area contributed by atoms with Crippen molar-refractivity contribution < 1.29 is 0 Å². The second-order valence-electron chi connectivity index (χ2n) is 10.1. The van der Waals surface area contributed by atoms with Gasteiger partial charge in [0.15, 0.2) is 0 Å². The molecule has 10 aromatic rings. The summed E-state index contributed by atoms with van der Waals surface area (Å²) in [5.74, 6) is 0. The van der Waals surface area contributed by atoms with Gasteiger partial charge in [-0.2, -0.15) is 0 Å². The van der Waals surface area contributed by atoms with Gasteiger partial charge in [-0.25, -0.2) is 0 Å². The third-order valence-electron chi connectivity index (χ3n) is 8.56. The van der Waals surface area contributed by atoms with E-state index in [9.17, 15) is 0 Å². The second kappa shape index (κ2) is 5.69. The summed E-state index contributed by atoms with van der Waals surface area (Å²) in [6.45, 7) is 0. The highest BCUT2D eigenvalue weighted by Crippen LogP contribution is 2.45. The van der Waals surface area contributed by atoms with E-state index in [-0.39, 0.29) is 0 Å². The quantitative estimate of drug-likeness (QED) is 0.216. The number of hydrogen-bond donors (Lipinski definition) is 0. The minimum Gasteiger partial charge on any atom is -0.308 e. The molecule has 0 bridgehead atoms. The Morgan fingerprint density at radius 2 is 0.722 bits per heavy atom. The molecule has 0 saturated carbocycles. The summed E-state index contributed by atoms with van der Waals surface area (Å²) in [7, 11) is 0. The van der Waals surface area contributed by atoms with Crippen LogP contribution in [0.15, 0.2) is 109 Å². The Balaban J connectivity index is 1.52. The van der Waals surface area contributed by atoms with E-state index in [0.717, 1.165) is 0 Å². The Bertz CT molecular complexity index is 2520. The fraction of sp³-hybridized carbons (Fsp3) is 0. The van der Waals surface area contributed by atoms with Crippen molar-refractivity contribution in [2.75, 3.05) is 0 Å². The van der Waals surface area contributed by atoms with Crippen LogP contribution in [0.4, 0.5) is 0 Å². The number of nitrogens with zero attached hydrogens (tertiary/aromatic N) is 2. The summed E-state index contributed by atoms with van der Waals surface area (Å²) in [5, 5.41) is 13.3. The summed E-state index contributed by atoms with van der Waals surface area (Å²) >= 11 is 0. The maximum absolute atomic E-state index is 2.51. The van der Waals surface area contributed by atoms with E-state index in [0.29, 0.717) is 0 Å². The molecule has 2 heteroatoms. The highest BCUT2D eigenvalue weighted by molar-refractivity contribution is 6.33. The molecule has 4 aromatic heterocycles. The molecule has 0 unspecified atom stereocenters. The van der Waals surface area contributed by atoms with Crippen LogP contribution >= 0.6 is 0 Å². The average Bonchev–Trinajstić information content (AvgIpc) is 3.66. The zero-order valence-corrected chi connectivity index (χ0v) is 19.3. The van der Waals surface area contributed by atoms with E-state index >= 15 is 0 Å². The van der Waals surface area contributed by atoms with Crippen molar-refractivity contribution in [1.82, 2.24) is 8.80 Å². The fourth-order valence-electron chi connectivity index (χ4n) is 7.24. The normalized spacial score (nSPS) is 13.0. The van der Waals surface area contributed by atoms with Crippen LogP contribution in [-0.4, -0.2) is 8.80 Å². The molecule has 0 N–H and O–H groups in total. The third-order valence-corrected chi connectivity index (χ3v) is 8.56. The van der Waals surface area contributed by atoms with Crippen LogP contribution in [0.5, 0.6) is 0 Å². The van der Waals surface area contributed by atoms with E-state index in [1.165, 1.54) is 87.0 Å². The standard InChI is InChI=1S/C34H18N2/c1-3-13-28-19(7-1)23-10-6-12-27-31-21-15-16-26-24-11-5-9-22-20-8-2-4-14-29(20)36(32(22)24)33(26)25(21)17-18-30(31)35(28)34(23)27/h1-18H. The zero-order chi connectivity index (χ0) is 23.1. The van der Waals surface area contributed by atoms with Crippen molar-refractivity contribution in [3.63, 3.8) is 0 Å². The molecule has 10 rings (SSSR count). The average molecular weight is 455 g/mol. The monoisotopic (exact) mass is 454 g/mol. The van der Waals surface area contributed by atoms with Gasteiger partial charge in [0.05, 0.1) is 33.1 Å². The van der Waals surface area contributed by atoms with Crippen LogP contribution < -0.4 is 0 Å². The van der Waals surface area contributed by atoms with Crippen molar-refractivity contribution in [2.45, 2.75) is 0 Å². The number of rotatable bonds is 0. The number of para-hydroxylation sites is 4. The molecule has 0 fully saturated rings. The molecule has 36 heavy (non-hydrogen) atoms. The van der Waals surface area contributed by atoms with Crippen LogP contribution in [-0.2, 0) is 0 Å². The topological polar surface area (TPSA) is 8.82 Å². The van der Waals surface area contributed by atoms with Gasteiger partial charge in [0, 0.05) is 48.5 Å². The van der Waals surface area contributed by atoms with E-state index in [2.05, 4.69) is 118 Å². The molecule has 0 amide bonds. The van der Waals surface area contributed by atoms with E-state index in [1.807, 2.05) is 0 Å². The first-order valence-corrected chi connectivity index (χ1v) is 12.6. The fourth-order valence-corrected chi connectivity index (χ4v) is 7.24. The molecule has 0 aliphatic heterocycles. The molecule has 164 valence electrons. The summed E-state index contributed by atoms with van der Waals surface area (Å²) in [5.41, 5.74) is 7.83. The minimum atomic E-state index is 1.28. The summed E-state index contributed by atoms with van der Waals surface area (Å²) in [4.78, 5) is 0. The molecule has 0 spiro atoms. The lowest BCUT2D eigenvalue weighted by atomic mass is 9.99. The number of fused-ring (bicyclic) bond motifs is 15. The van der Waals surface area contributed by atoms with Gasteiger partial charge in [-0.15, -0.1) is 0 Å². The molecule has 6 aromatic carbocycles. The van der Waals surface area contributed by atoms with Crippen molar-refractivity contribution in [1.29, 1.82) is 0 Å². The maximum atomic E-state index is 2.51. The lowest BCUT2D eigenvalue weighted by molar-refractivity contribution is 1.37. The molecule has 0 saturated heterocycles. The molecule has 2 nitrogen and oxygen atoms in total. The summed E-state index contributed by atoms with van der Waals surface area (Å²) in [6, 6.07) is 40.5. The van der Waals surface area contributed by atoms with Crippen molar-refractivity contribution >= 4 is 87.0 Å². The summed E-state index contributed by atoms with van der Waals surface area (Å²) in [6.07, 6.45) is 0. The van der Waals surface area contributed by atoms with Gasteiger partial charge < -0.3 is 8.80 Å². The van der Waals surface area contributed by atoms with Gasteiger partial charge in [-0.05, 0) is 23.6 Å². The SMILES string of the molecule is c1ccc2c(c1)c1cccc3c4c5ccc6c7cccc8c9ccccc9n(c6c5ccc4n2c13)c87. The van der Waals surface area contributed by atoms with Gasteiger partial charge in [-0.1, -0.05) is 91.0 Å². The van der Waals surface area contributed by atoms with E-state index in [4.69, 9.17) is 0 Å². The van der Waals surface area contributed by atoms with Gasteiger partial charge in [-0.3, -0.25) is 0 Å². The minimum absolute atomic E-state index is 1.28. The molecule has 0 radical (unpaired) electrons. The van der Waals surface area contributed by atoms with Gasteiger partial charge in [0.1, 0.15) is 0 Å². The number of benzene rings is 6. The Kier molecular flexibility index (Phi) is 2.78. The van der Waals surface area contributed by atoms with Crippen LogP contribution in [0, 0.1) is 0 Å². The van der Waals surface area contributed by atoms with Crippen molar-refractivity contribution in [3.05, 3.63) is 109 Å². The van der Waals surface area contributed by atoms with E-state index in [1.54, 1.807) is 0 Å². The molecular weight excluding hydrogens is 436 g/mol. The lowest BCUT2D eigenvalue weighted by Gasteiger charge is -2.06. The third kappa shape index (κ3) is 1.75. The predicted molar refractivity (Wildman–Crippen MR) is 153 cm³/mol. The van der Waals surface area contributed by atoms with Gasteiger partial charge in [0.25, 0.3) is 0 Å². The van der Waals surface area contributed by atoms with Crippen LogP contribution in [0.2, 0.25) is 0 Å². The van der Waals surface area contributed by atoms with Crippen LogP contribution in [0.25, 0.3) is 87.0 Å². The molecular formula is C34H18N2. The van der Waals surface area contributed by atoms with Crippen LogP contribution in [0.1, 0.15) is 0 Å². The maximum Gasteiger partial charge on any atom is 0.0620 e. The predicted octanol–water partition coefficient (Wildman–Crippen LogP) is 9.14. The van der Waals surface area contributed by atoms with Gasteiger partial charge >= 0.3 is 0 Å². The van der Waals surface area contributed by atoms with Crippen molar-refractivity contribution in [3.8, 4) is 0 Å². The Hall–Kier alpha value is -4.82. The Morgan fingerprint density at radius 3 is 1.44 bits per heavy atom. The number of hydrogen-bond acceptors (Lipinski definition) is 0. The molecule has 4 heterocycles. The largest absolute Gasteiger partial charge is 0.308 e. The zero-order valence-electron chi connectivity index (χ0n) is 19.3. The van der Waals surface area contributed by atoms with E-state index < -0.39 is 0 Å². The summed E-state index contributed by atoms with van der Waals surface area (Å²) < 4.78 is 4.98. The first-order chi connectivity index (χ1) is 17.9. The second-order valence-corrected chi connectivity index (χ2v) is 10.1. The first-order valence-electron chi connectivity index (χ1n) is 12.6. The van der Waals surface area contributed by atoms with Crippen LogP contribution in [0.3, 0.4) is 0 Å². The highest BCUT2D eigenvalue weighted by Gasteiger charge is 2.22.